The summed E-state index contributed by atoms with van der Waals surface area (Å²) in [5.74, 6) is 1.06. The first kappa shape index (κ1) is 10.1. The second-order valence-electron chi connectivity index (χ2n) is 3.63. The van der Waals surface area contributed by atoms with Crippen LogP contribution in [-0.2, 0) is 13.6 Å². The van der Waals surface area contributed by atoms with Crippen molar-refractivity contribution in [2.75, 3.05) is 6.54 Å². The van der Waals surface area contributed by atoms with E-state index in [9.17, 15) is 0 Å². The highest BCUT2D eigenvalue weighted by atomic mass is 15.1. The molecule has 15 heavy (non-hydrogen) atoms. The van der Waals surface area contributed by atoms with Crippen molar-refractivity contribution in [3.05, 3.63) is 24.3 Å². The Morgan fingerprint density at radius 2 is 2.33 bits per heavy atom. The van der Waals surface area contributed by atoms with Crippen molar-refractivity contribution in [2.45, 2.75) is 19.9 Å². The fraction of sp³-hybridized carbons (Fsp3) is 0.455. The standard InChI is InChI=1S/C11H16N4/c1-3-5-12-8-11-14-9-7-13-6-4-10(9)15(11)2/h4,6-7,12H,3,5,8H2,1-2H3. The first-order valence-corrected chi connectivity index (χ1v) is 5.29. The minimum Gasteiger partial charge on any atom is -0.330 e. The van der Waals surface area contributed by atoms with Gasteiger partial charge in [-0.15, -0.1) is 0 Å². The van der Waals surface area contributed by atoms with Gasteiger partial charge in [0.15, 0.2) is 0 Å². The number of rotatable bonds is 4. The minimum absolute atomic E-state index is 0.818. The lowest BCUT2D eigenvalue weighted by atomic mass is 10.4. The molecule has 2 rings (SSSR count). The summed E-state index contributed by atoms with van der Waals surface area (Å²) >= 11 is 0. The number of fused-ring (bicyclic) bond motifs is 1. The van der Waals surface area contributed by atoms with Crippen LogP contribution in [0.2, 0.25) is 0 Å². The van der Waals surface area contributed by atoms with Crippen molar-refractivity contribution in [3.8, 4) is 0 Å². The highest BCUT2D eigenvalue weighted by Gasteiger charge is 2.05. The third-order valence-electron chi connectivity index (χ3n) is 2.49. The monoisotopic (exact) mass is 204 g/mol. The normalized spacial score (nSPS) is 11.1. The zero-order valence-electron chi connectivity index (χ0n) is 9.20. The zero-order chi connectivity index (χ0) is 10.7. The molecule has 0 saturated heterocycles. The summed E-state index contributed by atoms with van der Waals surface area (Å²) in [5.41, 5.74) is 2.10. The molecule has 0 amide bonds. The van der Waals surface area contributed by atoms with Crippen LogP contribution < -0.4 is 5.32 Å². The van der Waals surface area contributed by atoms with Gasteiger partial charge in [-0.1, -0.05) is 6.92 Å². The largest absolute Gasteiger partial charge is 0.330 e. The predicted molar refractivity (Wildman–Crippen MR) is 60.5 cm³/mol. The maximum Gasteiger partial charge on any atom is 0.123 e. The average molecular weight is 204 g/mol. The van der Waals surface area contributed by atoms with Gasteiger partial charge in [0.2, 0.25) is 0 Å². The summed E-state index contributed by atoms with van der Waals surface area (Å²) in [7, 11) is 2.04. The molecule has 0 fully saturated rings. The quantitative estimate of drug-likeness (QED) is 0.767. The summed E-state index contributed by atoms with van der Waals surface area (Å²) in [6.45, 7) is 4.01. The summed E-state index contributed by atoms with van der Waals surface area (Å²) < 4.78 is 2.11. The van der Waals surface area contributed by atoms with Gasteiger partial charge in [-0.3, -0.25) is 4.98 Å². The summed E-state index contributed by atoms with van der Waals surface area (Å²) in [5, 5.41) is 3.35. The van der Waals surface area contributed by atoms with Crippen molar-refractivity contribution in [2.24, 2.45) is 7.05 Å². The van der Waals surface area contributed by atoms with Crippen molar-refractivity contribution in [3.63, 3.8) is 0 Å². The molecule has 0 bridgehead atoms. The molecule has 0 aliphatic heterocycles. The Morgan fingerprint density at radius 3 is 3.07 bits per heavy atom. The van der Waals surface area contributed by atoms with Gasteiger partial charge in [-0.25, -0.2) is 4.98 Å². The van der Waals surface area contributed by atoms with Gasteiger partial charge in [-0.2, -0.15) is 0 Å². The Hall–Kier alpha value is -1.42. The average Bonchev–Trinajstić information content (AvgIpc) is 2.57. The molecule has 2 aromatic heterocycles. The molecule has 0 spiro atoms. The van der Waals surface area contributed by atoms with E-state index >= 15 is 0 Å². The number of hydrogen-bond acceptors (Lipinski definition) is 3. The van der Waals surface area contributed by atoms with Crippen LogP contribution in [0.15, 0.2) is 18.5 Å². The third-order valence-corrected chi connectivity index (χ3v) is 2.49. The molecule has 0 aromatic carbocycles. The predicted octanol–water partition coefficient (Wildman–Crippen LogP) is 1.47. The Kier molecular flexibility index (Phi) is 2.97. The van der Waals surface area contributed by atoms with Crippen LogP contribution in [0.4, 0.5) is 0 Å². The van der Waals surface area contributed by atoms with E-state index in [4.69, 9.17) is 0 Å². The van der Waals surface area contributed by atoms with Crippen molar-refractivity contribution < 1.29 is 0 Å². The van der Waals surface area contributed by atoms with Gasteiger partial charge in [0.05, 0.1) is 18.3 Å². The maximum absolute atomic E-state index is 4.52. The molecule has 4 heteroatoms. The third kappa shape index (κ3) is 1.99. The smallest absolute Gasteiger partial charge is 0.123 e. The van der Waals surface area contributed by atoms with Gasteiger partial charge in [0.1, 0.15) is 11.3 Å². The number of pyridine rings is 1. The second kappa shape index (κ2) is 4.40. The van der Waals surface area contributed by atoms with Crippen LogP contribution in [-0.4, -0.2) is 21.1 Å². The topological polar surface area (TPSA) is 42.7 Å². The first-order chi connectivity index (χ1) is 7.33. The van der Waals surface area contributed by atoms with Gasteiger partial charge in [0.25, 0.3) is 0 Å². The fourth-order valence-electron chi connectivity index (χ4n) is 1.64. The molecule has 0 atom stereocenters. The fourth-order valence-corrected chi connectivity index (χ4v) is 1.64. The maximum atomic E-state index is 4.52. The van der Waals surface area contributed by atoms with Crippen molar-refractivity contribution in [1.82, 2.24) is 19.9 Å². The van der Waals surface area contributed by atoms with Crippen LogP contribution in [0.25, 0.3) is 11.0 Å². The van der Waals surface area contributed by atoms with E-state index in [2.05, 4.69) is 26.8 Å². The van der Waals surface area contributed by atoms with E-state index in [1.165, 1.54) is 0 Å². The number of hydrogen-bond donors (Lipinski definition) is 1. The minimum atomic E-state index is 0.818. The van der Waals surface area contributed by atoms with Crippen LogP contribution >= 0.6 is 0 Å². The molecule has 0 radical (unpaired) electrons. The van der Waals surface area contributed by atoms with Gasteiger partial charge in [-0.05, 0) is 19.0 Å². The second-order valence-corrected chi connectivity index (χ2v) is 3.63. The molecule has 1 N–H and O–H groups in total. The molecule has 0 unspecified atom stereocenters. The number of imidazole rings is 1. The van der Waals surface area contributed by atoms with Gasteiger partial charge < -0.3 is 9.88 Å². The lowest BCUT2D eigenvalue weighted by molar-refractivity contribution is 0.634. The number of nitrogens with zero attached hydrogens (tertiary/aromatic N) is 3. The Labute approximate surface area is 89.3 Å². The highest BCUT2D eigenvalue weighted by Crippen LogP contribution is 2.12. The molecule has 0 saturated carbocycles. The highest BCUT2D eigenvalue weighted by molar-refractivity contribution is 5.74. The molecule has 80 valence electrons. The summed E-state index contributed by atoms with van der Waals surface area (Å²) in [6.07, 6.45) is 4.75. The molecule has 2 aromatic rings. The van der Waals surface area contributed by atoms with Gasteiger partial charge in [0, 0.05) is 13.2 Å². The van der Waals surface area contributed by atoms with Crippen LogP contribution in [0.3, 0.4) is 0 Å². The molecule has 2 heterocycles. The van der Waals surface area contributed by atoms with E-state index in [0.717, 1.165) is 36.4 Å². The van der Waals surface area contributed by atoms with E-state index < -0.39 is 0 Å². The number of nitrogens with one attached hydrogen (secondary N) is 1. The Morgan fingerprint density at radius 1 is 1.47 bits per heavy atom. The van der Waals surface area contributed by atoms with Crippen LogP contribution in [0.1, 0.15) is 19.2 Å². The lowest BCUT2D eigenvalue weighted by Gasteiger charge is -2.03. The Balaban J connectivity index is 2.24. The summed E-state index contributed by atoms with van der Waals surface area (Å²) in [4.78, 5) is 8.59. The van der Waals surface area contributed by atoms with E-state index in [0.29, 0.717) is 0 Å². The van der Waals surface area contributed by atoms with E-state index in [1.807, 2.05) is 13.1 Å². The summed E-state index contributed by atoms with van der Waals surface area (Å²) in [6, 6.07) is 1.99. The lowest BCUT2D eigenvalue weighted by Crippen LogP contribution is -2.16. The van der Waals surface area contributed by atoms with Crippen LogP contribution in [0, 0.1) is 0 Å². The van der Waals surface area contributed by atoms with E-state index in [-0.39, 0.29) is 0 Å². The number of aryl methyl sites for hydroxylation is 1. The molecular formula is C11H16N4. The Bertz CT molecular complexity index is 447. The van der Waals surface area contributed by atoms with Crippen molar-refractivity contribution in [1.29, 1.82) is 0 Å². The molecule has 0 aliphatic rings. The molecule has 0 aliphatic carbocycles. The molecular weight excluding hydrogens is 188 g/mol. The van der Waals surface area contributed by atoms with E-state index in [1.54, 1.807) is 12.4 Å². The molecule has 4 nitrogen and oxygen atoms in total. The zero-order valence-corrected chi connectivity index (χ0v) is 9.20. The van der Waals surface area contributed by atoms with Gasteiger partial charge >= 0.3 is 0 Å². The SMILES string of the molecule is CCCNCc1nc2cnccc2n1C. The number of aromatic nitrogens is 3. The first-order valence-electron chi connectivity index (χ1n) is 5.29. The van der Waals surface area contributed by atoms with Crippen molar-refractivity contribution >= 4 is 11.0 Å². The van der Waals surface area contributed by atoms with Crippen LogP contribution in [0.5, 0.6) is 0 Å².